The number of ether oxygens (including phenoxy) is 2. The van der Waals surface area contributed by atoms with Crippen molar-refractivity contribution in [3.63, 3.8) is 0 Å². The zero-order valence-corrected chi connectivity index (χ0v) is 38.4. The molecule has 60 heavy (non-hydrogen) atoms. The molecule has 0 saturated heterocycles. The molecule has 16 heteroatoms. The van der Waals surface area contributed by atoms with Crippen LogP contribution in [0.15, 0.2) is 60.8 Å². The Labute approximate surface area is 360 Å². The van der Waals surface area contributed by atoms with Crippen LogP contribution < -0.4 is 0 Å². The molecule has 0 aliphatic rings. The molecular weight excluding hydrogens is 814 g/mol. The van der Waals surface area contributed by atoms with E-state index < -0.39 is 72.3 Å². The van der Waals surface area contributed by atoms with Crippen LogP contribution in [-0.2, 0) is 41.8 Å². The number of hydrogen-bond donors (Lipinski definition) is 5. The molecule has 0 heterocycles. The van der Waals surface area contributed by atoms with Gasteiger partial charge < -0.3 is 34.4 Å². The molecule has 0 aliphatic carbocycles. The summed E-state index contributed by atoms with van der Waals surface area (Å²) in [5, 5.41) is 19.8. The van der Waals surface area contributed by atoms with Crippen molar-refractivity contribution in [2.45, 2.75) is 174 Å². The van der Waals surface area contributed by atoms with Crippen molar-refractivity contribution in [3.05, 3.63) is 60.8 Å². The van der Waals surface area contributed by atoms with Crippen molar-refractivity contribution in [1.82, 2.24) is 0 Å². The average Bonchev–Trinajstić information content (AvgIpc) is 3.19. The molecule has 4 atom stereocenters. The monoisotopic (exact) mass is 892 g/mol. The first-order chi connectivity index (χ1) is 28.6. The molecule has 2 unspecified atom stereocenters. The number of carbonyl (C=O) groups excluding carboxylic acids is 2. The lowest BCUT2D eigenvalue weighted by Gasteiger charge is -2.20. The molecule has 0 spiro atoms. The lowest BCUT2D eigenvalue weighted by Crippen LogP contribution is -2.29. The van der Waals surface area contributed by atoms with Crippen LogP contribution in [0.25, 0.3) is 0 Å². The molecule has 0 aromatic carbocycles. The molecule has 0 fully saturated rings. The number of carbonyl (C=O) groups is 2. The zero-order chi connectivity index (χ0) is 44.7. The number of aliphatic hydroxyl groups excluding tert-OH is 2. The Kier molecular flexibility index (Phi) is 37.0. The topological polar surface area (TPSA) is 216 Å². The van der Waals surface area contributed by atoms with E-state index in [0.29, 0.717) is 32.1 Å². The quantitative estimate of drug-likeness (QED) is 0.0127. The van der Waals surface area contributed by atoms with E-state index in [-0.39, 0.29) is 12.8 Å². The highest BCUT2D eigenvalue weighted by Gasteiger charge is 2.28. The third-order valence-electron chi connectivity index (χ3n) is 8.92. The van der Waals surface area contributed by atoms with Gasteiger partial charge in [0, 0.05) is 12.8 Å². The number of rotatable bonds is 40. The van der Waals surface area contributed by atoms with Gasteiger partial charge in [-0.15, -0.1) is 0 Å². The fraction of sp³-hybridized carbons (Fsp3) is 0.727. The molecule has 0 radical (unpaired) electrons. The second-order valence-corrected chi connectivity index (χ2v) is 18.0. The summed E-state index contributed by atoms with van der Waals surface area (Å²) < 4.78 is 47.7. The molecule has 0 aromatic rings. The fourth-order valence-corrected chi connectivity index (χ4v) is 6.75. The molecule has 348 valence electrons. The van der Waals surface area contributed by atoms with Gasteiger partial charge in [-0.1, -0.05) is 159 Å². The third-order valence-corrected chi connectivity index (χ3v) is 10.4. The number of hydrogen-bond acceptors (Lipinski definition) is 11. The number of phosphoric acid groups is 2. The molecular formula is C44H78O14P2. The van der Waals surface area contributed by atoms with Crippen molar-refractivity contribution >= 4 is 27.6 Å². The highest BCUT2D eigenvalue weighted by atomic mass is 31.2. The van der Waals surface area contributed by atoms with Gasteiger partial charge in [-0.05, 0) is 50.9 Å². The maximum atomic E-state index is 12.6. The normalized spacial score (nSPS) is 15.2. The molecule has 0 rings (SSSR count). The van der Waals surface area contributed by atoms with Crippen LogP contribution in [0.5, 0.6) is 0 Å². The van der Waals surface area contributed by atoms with E-state index in [4.69, 9.17) is 23.8 Å². The van der Waals surface area contributed by atoms with Gasteiger partial charge >= 0.3 is 27.6 Å². The van der Waals surface area contributed by atoms with Gasteiger partial charge in [-0.25, -0.2) is 9.13 Å². The Morgan fingerprint density at radius 2 is 1.15 bits per heavy atom. The fourth-order valence-electron chi connectivity index (χ4n) is 5.59. The largest absolute Gasteiger partial charge is 0.472 e. The Hall–Kier alpha value is -2.22. The lowest BCUT2D eigenvalue weighted by atomic mass is 10.0. The predicted molar refractivity (Wildman–Crippen MR) is 236 cm³/mol. The first-order valence-electron chi connectivity index (χ1n) is 21.9. The summed E-state index contributed by atoms with van der Waals surface area (Å²) in [4.78, 5) is 52.7. The van der Waals surface area contributed by atoms with Crippen LogP contribution in [0.2, 0.25) is 0 Å². The van der Waals surface area contributed by atoms with Gasteiger partial charge in [0.2, 0.25) is 0 Å². The van der Waals surface area contributed by atoms with Gasteiger partial charge in [0.05, 0.1) is 25.9 Å². The minimum absolute atomic E-state index is 0.0199. The van der Waals surface area contributed by atoms with E-state index in [9.17, 15) is 33.8 Å². The van der Waals surface area contributed by atoms with Gasteiger partial charge in [-0.2, -0.15) is 0 Å². The maximum absolute atomic E-state index is 12.6. The lowest BCUT2D eigenvalue weighted by molar-refractivity contribution is -0.161. The highest BCUT2D eigenvalue weighted by molar-refractivity contribution is 7.47. The van der Waals surface area contributed by atoms with Crippen molar-refractivity contribution < 1.29 is 66.7 Å². The standard InChI is InChI=1S/C44H78O14P2/c1-4-5-6-7-21-26-31-40(45)32-27-22-17-14-15-19-24-29-34-44(48)58-42(38-57-60(52,53)56-36-41(46)35-55-59(49,50)51)37-54-43(47)33-28-23-18-13-11-9-8-10-12-16-20-25-30-39(2)3/h5-6,15,17,19,21-22,26-27,32,39-42,45-46H,4,7-14,16,18,20,23-25,28-31,33-38H2,1-3H3,(H,52,53)(H2,49,50,51)/b6-5-,19-15-,22-17-,26-21-,32-27+/t40?,41-,42+/m0/s1. The minimum Gasteiger partial charge on any atom is -0.462 e. The maximum Gasteiger partial charge on any atom is 0.472 e. The van der Waals surface area contributed by atoms with Gasteiger partial charge in [-0.3, -0.25) is 23.2 Å². The van der Waals surface area contributed by atoms with E-state index in [1.54, 1.807) is 12.2 Å². The Morgan fingerprint density at radius 1 is 0.600 bits per heavy atom. The Balaban J connectivity index is 4.67. The van der Waals surface area contributed by atoms with E-state index >= 15 is 0 Å². The van der Waals surface area contributed by atoms with Gasteiger partial charge in [0.25, 0.3) is 0 Å². The predicted octanol–water partition coefficient (Wildman–Crippen LogP) is 10.1. The average molecular weight is 893 g/mol. The molecule has 0 aliphatic heterocycles. The van der Waals surface area contributed by atoms with Crippen molar-refractivity contribution in [3.8, 4) is 0 Å². The molecule has 0 bridgehead atoms. The van der Waals surface area contributed by atoms with Crippen molar-refractivity contribution in [2.75, 3.05) is 26.4 Å². The van der Waals surface area contributed by atoms with E-state index in [1.165, 1.54) is 57.8 Å². The summed E-state index contributed by atoms with van der Waals surface area (Å²) in [6, 6.07) is 0. The molecule has 14 nitrogen and oxygen atoms in total. The summed E-state index contributed by atoms with van der Waals surface area (Å²) in [5.41, 5.74) is 0. The number of esters is 2. The smallest absolute Gasteiger partial charge is 0.462 e. The summed E-state index contributed by atoms with van der Waals surface area (Å²) in [6.07, 6.45) is 35.4. The zero-order valence-electron chi connectivity index (χ0n) is 36.6. The summed E-state index contributed by atoms with van der Waals surface area (Å²) in [5.74, 6) is -0.352. The molecule has 0 saturated carbocycles. The Morgan fingerprint density at radius 3 is 1.78 bits per heavy atom. The van der Waals surface area contributed by atoms with Gasteiger partial charge in [0.1, 0.15) is 12.7 Å². The second kappa shape index (κ2) is 38.5. The van der Waals surface area contributed by atoms with E-state index in [1.807, 2.05) is 36.5 Å². The second-order valence-electron chi connectivity index (χ2n) is 15.3. The number of aliphatic hydroxyl groups is 2. The van der Waals surface area contributed by atoms with Crippen LogP contribution in [0.4, 0.5) is 0 Å². The summed E-state index contributed by atoms with van der Waals surface area (Å²) >= 11 is 0. The number of phosphoric ester groups is 2. The number of allylic oxidation sites excluding steroid dienone is 8. The van der Waals surface area contributed by atoms with Crippen molar-refractivity contribution in [2.24, 2.45) is 5.92 Å². The molecule has 0 aromatic heterocycles. The van der Waals surface area contributed by atoms with Crippen molar-refractivity contribution in [1.29, 1.82) is 0 Å². The van der Waals surface area contributed by atoms with E-state index in [0.717, 1.165) is 38.0 Å². The third kappa shape index (κ3) is 42.5. The first kappa shape index (κ1) is 57.8. The number of unbranched alkanes of at least 4 members (excludes halogenated alkanes) is 12. The van der Waals surface area contributed by atoms with Crippen LogP contribution in [0.1, 0.15) is 156 Å². The van der Waals surface area contributed by atoms with Crippen LogP contribution >= 0.6 is 15.6 Å². The van der Waals surface area contributed by atoms with Gasteiger partial charge in [0.15, 0.2) is 6.10 Å². The molecule has 0 amide bonds. The van der Waals surface area contributed by atoms with Crippen LogP contribution in [-0.4, -0.2) is 81.6 Å². The highest BCUT2D eigenvalue weighted by Crippen LogP contribution is 2.43. The van der Waals surface area contributed by atoms with Crippen LogP contribution in [0, 0.1) is 5.92 Å². The minimum atomic E-state index is -4.88. The molecule has 5 N–H and O–H groups in total. The Bertz CT molecular complexity index is 1320. The van der Waals surface area contributed by atoms with Crippen LogP contribution in [0.3, 0.4) is 0 Å². The summed E-state index contributed by atoms with van der Waals surface area (Å²) in [6.45, 7) is 3.80. The summed E-state index contributed by atoms with van der Waals surface area (Å²) in [7, 11) is -9.72. The van der Waals surface area contributed by atoms with E-state index in [2.05, 4.69) is 42.0 Å². The SMILES string of the molecule is CC/C=C\C/C=C\CC(O)/C=C/C=C\C/C=C\CCCC(=O)O[C@H](COC(=O)CCCCCCCCCCCCCCC(C)C)COP(=O)(O)OC[C@@H](O)COP(=O)(O)O. The first-order valence-corrected chi connectivity index (χ1v) is 25.0.